The topological polar surface area (TPSA) is 3.24 Å². The normalized spacial score (nSPS) is 12.3. The van der Waals surface area contributed by atoms with E-state index >= 15 is 0 Å². The minimum atomic E-state index is -2.59. The van der Waals surface area contributed by atoms with Gasteiger partial charge in [0.1, 0.15) is 0 Å². The lowest BCUT2D eigenvalue weighted by atomic mass is 9.99. The highest BCUT2D eigenvalue weighted by Crippen LogP contribution is 2.39. The molecule has 0 atom stereocenters. The highest BCUT2D eigenvalue weighted by molar-refractivity contribution is 7.22. The summed E-state index contributed by atoms with van der Waals surface area (Å²) in [4.78, 5) is 2.36. The van der Waals surface area contributed by atoms with Crippen LogP contribution in [0.5, 0.6) is 0 Å². The molecule has 0 saturated heterocycles. The van der Waals surface area contributed by atoms with Gasteiger partial charge in [0.25, 0.3) is 0 Å². The first-order chi connectivity index (χ1) is 30.7. The molecular weight excluding hydrogens is 763 g/mol. The number of rotatable bonds is 9. The van der Waals surface area contributed by atoms with Gasteiger partial charge in [-0.3, -0.25) is 0 Å². The third-order valence-corrected chi connectivity index (χ3v) is 17.5. The molecule has 292 valence electrons. The Morgan fingerprint density at radius 1 is 0.226 bits per heavy atom. The first-order valence-electron chi connectivity index (χ1n) is 21.4. The Labute approximate surface area is 365 Å². The number of benzene rings is 10. The largest absolute Gasteiger partial charge is 0.311 e. The zero-order chi connectivity index (χ0) is 41.3. The third-order valence-electron chi connectivity index (χ3n) is 12.6. The number of fused-ring (bicyclic) bond motifs is 3. The van der Waals surface area contributed by atoms with Crippen LogP contribution in [0.15, 0.2) is 261 Å². The predicted molar refractivity (Wildman–Crippen MR) is 265 cm³/mol. The standard InChI is InChI=1S/C60H43NSi/c1-5-15-44(16-6-1)46-25-27-47(28-26-46)49-31-38-53(39-32-49)61(52-36-29-48(30-37-52)45-17-7-2-8-18-45)54-40-33-50(34-41-54)51-35-42-58-57-23-13-14-24-59(57)62(60(58)43-51,55-19-9-3-10-20-55)56-21-11-4-12-22-56/h1-43H. The number of hydrogen-bond acceptors (Lipinski definition) is 1. The van der Waals surface area contributed by atoms with Crippen molar-refractivity contribution in [3.05, 3.63) is 261 Å². The molecule has 0 aromatic heterocycles. The first kappa shape index (κ1) is 37.2. The fourth-order valence-electron chi connectivity index (χ4n) is 9.60. The Kier molecular flexibility index (Phi) is 9.61. The van der Waals surface area contributed by atoms with E-state index in [-0.39, 0.29) is 0 Å². The molecule has 62 heavy (non-hydrogen) atoms. The fourth-order valence-corrected chi connectivity index (χ4v) is 14.8. The number of anilines is 3. The monoisotopic (exact) mass is 805 g/mol. The van der Waals surface area contributed by atoms with Crippen LogP contribution in [0.25, 0.3) is 55.6 Å². The van der Waals surface area contributed by atoms with Crippen molar-refractivity contribution in [3.63, 3.8) is 0 Å². The number of hydrogen-bond donors (Lipinski definition) is 0. The van der Waals surface area contributed by atoms with Gasteiger partial charge < -0.3 is 4.90 Å². The van der Waals surface area contributed by atoms with Gasteiger partial charge in [0.15, 0.2) is 8.07 Å². The van der Waals surface area contributed by atoms with Crippen LogP contribution in [0, 0.1) is 0 Å². The van der Waals surface area contributed by atoms with Crippen LogP contribution in [-0.2, 0) is 0 Å². The van der Waals surface area contributed by atoms with Crippen LogP contribution in [-0.4, -0.2) is 8.07 Å². The van der Waals surface area contributed by atoms with Crippen LogP contribution in [0.3, 0.4) is 0 Å². The average molecular weight is 806 g/mol. The summed E-state index contributed by atoms with van der Waals surface area (Å²) < 4.78 is 0. The Balaban J connectivity index is 0.974. The Bertz CT molecular complexity index is 3070. The van der Waals surface area contributed by atoms with E-state index in [1.165, 1.54) is 76.4 Å². The lowest BCUT2D eigenvalue weighted by Crippen LogP contribution is -2.72. The van der Waals surface area contributed by atoms with E-state index in [2.05, 4.69) is 266 Å². The van der Waals surface area contributed by atoms with Gasteiger partial charge in [-0.05, 0) is 113 Å². The van der Waals surface area contributed by atoms with Crippen molar-refractivity contribution in [1.82, 2.24) is 0 Å². The van der Waals surface area contributed by atoms with E-state index in [1.807, 2.05) is 0 Å². The van der Waals surface area contributed by atoms with Gasteiger partial charge in [0, 0.05) is 17.1 Å². The molecule has 10 aromatic rings. The highest BCUT2D eigenvalue weighted by Gasteiger charge is 2.48. The van der Waals surface area contributed by atoms with Crippen LogP contribution < -0.4 is 25.6 Å². The Morgan fingerprint density at radius 3 is 0.968 bits per heavy atom. The van der Waals surface area contributed by atoms with Crippen molar-refractivity contribution < 1.29 is 0 Å². The van der Waals surface area contributed by atoms with E-state index in [4.69, 9.17) is 0 Å². The van der Waals surface area contributed by atoms with Crippen molar-refractivity contribution in [1.29, 1.82) is 0 Å². The zero-order valence-corrected chi connectivity index (χ0v) is 35.3. The molecule has 0 aliphatic carbocycles. The van der Waals surface area contributed by atoms with Gasteiger partial charge in [0.2, 0.25) is 0 Å². The smallest absolute Gasteiger partial charge is 0.180 e. The lowest BCUT2D eigenvalue weighted by molar-refractivity contribution is 1.28. The minimum absolute atomic E-state index is 1.10. The summed E-state index contributed by atoms with van der Waals surface area (Å²) in [6.07, 6.45) is 0. The van der Waals surface area contributed by atoms with Gasteiger partial charge in [-0.1, -0.05) is 224 Å². The summed E-state index contributed by atoms with van der Waals surface area (Å²) in [6.45, 7) is 0. The van der Waals surface area contributed by atoms with E-state index in [0.29, 0.717) is 0 Å². The molecule has 0 spiro atoms. The molecule has 1 aliphatic rings. The molecule has 1 heterocycles. The van der Waals surface area contributed by atoms with Crippen molar-refractivity contribution in [2.45, 2.75) is 0 Å². The van der Waals surface area contributed by atoms with Crippen molar-refractivity contribution >= 4 is 45.9 Å². The molecule has 1 aliphatic heterocycles. The maximum Gasteiger partial charge on any atom is 0.180 e. The molecule has 0 radical (unpaired) electrons. The summed E-state index contributed by atoms with van der Waals surface area (Å²) in [6, 6.07) is 95.8. The van der Waals surface area contributed by atoms with Gasteiger partial charge >= 0.3 is 0 Å². The van der Waals surface area contributed by atoms with Crippen LogP contribution >= 0.6 is 0 Å². The molecule has 0 saturated carbocycles. The molecule has 0 fully saturated rings. The van der Waals surface area contributed by atoms with E-state index < -0.39 is 8.07 Å². The van der Waals surface area contributed by atoms with Crippen molar-refractivity contribution in [2.75, 3.05) is 4.90 Å². The van der Waals surface area contributed by atoms with Gasteiger partial charge in [0.05, 0.1) is 0 Å². The second-order valence-corrected chi connectivity index (χ2v) is 19.8. The predicted octanol–water partition coefficient (Wildman–Crippen LogP) is 13.2. The quantitative estimate of drug-likeness (QED) is 0.131. The second kappa shape index (κ2) is 16.0. The summed E-state index contributed by atoms with van der Waals surface area (Å²) in [5, 5.41) is 5.74. The van der Waals surface area contributed by atoms with E-state index in [0.717, 1.165) is 17.1 Å². The minimum Gasteiger partial charge on any atom is -0.311 e. The van der Waals surface area contributed by atoms with Gasteiger partial charge in [-0.25, -0.2) is 0 Å². The number of nitrogens with zero attached hydrogens (tertiary/aromatic N) is 1. The molecular formula is C60H43NSi. The first-order valence-corrected chi connectivity index (χ1v) is 23.4. The van der Waals surface area contributed by atoms with Crippen molar-refractivity contribution in [2.24, 2.45) is 0 Å². The lowest BCUT2D eigenvalue weighted by Gasteiger charge is -2.31. The summed E-state index contributed by atoms with van der Waals surface area (Å²) in [5.41, 5.74) is 15.7. The fraction of sp³-hybridized carbons (Fsp3) is 0. The molecule has 10 aromatic carbocycles. The zero-order valence-electron chi connectivity index (χ0n) is 34.3. The molecule has 2 heteroatoms. The van der Waals surface area contributed by atoms with E-state index in [1.54, 1.807) is 0 Å². The maximum atomic E-state index is 2.50. The Morgan fingerprint density at radius 2 is 0.532 bits per heavy atom. The molecule has 0 unspecified atom stereocenters. The SMILES string of the molecule is c1ccc(-c2ccc(-c3ccc(N(c4ccc(-c5ccccc5)cc4)c4ccc(-c5ccc6c(c5)[Si](c5ccccc5)(c5ccccc5)c5ccccc5-6)cc4)cc3)cc2)cc1. The summed E-state index contributed by atoms with van der Waals surface area (Å²) >= 11 is 0. The third kappa shape index (κ3) is 6.59. The molecule has 11 rings (SSSR count). The molecule has 0 N–H and O–H groups in total. The molecule has 1 nitrogen and oxygen atoms in total. The molecule has 0 bridgehead atoms. The van der Waals surface area contributed by atoms with Crippen molar-refractivity contribution in [3.8, 4) is 55.6 Å². The molecule has 0 amide bonds. The van der Waals surface area contributed by atoms with Gasteiger partial charge in [-0.2, -0.15) is 0 Å². The summed E-state index contributed by atoms with van der Waals surface area (Å²) in [5.74, 6) is 0. The average Bonchev–Trinajstić information content (AvgIpc) is 3.66. The van der Waals surface area contributed by atoms with Crippen LogP contribution in [0.2, 0.25) is 0 Å². The Hall–Kier alpha value is -7.78. The summed E-state index contributed by atoms with van der Waals surface area (Å²) in [7, 11) is -2.59. The van der Waals surface area contributed by atoms with Crippen LogP contribution in [0.1, 0.15) is 0 Å². The highest BCUT2D eigenvalue weighted by atomic mass is 28.3. The second-order valence-electron chi connectivity index (χ2n) is 16.1. The van der Waals surface area contributed by atoms with Gasteiger partial charge in [-0.15, -0.1) is 0 Å². The maximum absolute atomic E-state index is 2.59. The van der Waals surface area contributed by atoms with E-state index in [9.17, 15) is 0 Å². The van der Waals surface area contributed by atoms with Crippen LogP contribution in [0.4, 0.5) is 17.1 Å².